The molecule has 254 valence electrons. The number of terminal acetylenes is 1. The molecule has 10 nitrogen and oxygen atoms in total. The number of benzene rings is 2. The number of amides is 2. The lowest BCUT2D eigenvalue weighted by Gasteiger charge is -2.30. The number of aromatic amines is 2. The van der Waals surface area contributed by atoms with E-state index in [2.05, 4.69) is 39.3 Å². The Morgan fingerprint density at radius 2 is 1.71 bits per heavy atom. The fraction of sp³-hybridized carbons (Fsp3) is 0.385. The van der Waals surface area contributed by atoms with E-state index >= 15 is 0 Å². The van der Waals surface area contributed by atoms with E-state index in [0.29, 0.717) is 37.6 Å². The average Bonchev–Trinajstić information content (AvgIpc) is 3.76. The Balaban J connectivity index is 1.28. The van der Waals surface area contributed by atoms with Gasteiger partial charge in [-0.1, -0.05) is 30.6 Å². The third-order valence-corrected chi connectivity index (χ3v) is 7.89. The van der Waals surface area contributed by atoms with Crippen molar-refractivity contribution in [1.82, 2.24) is 29.7 Å². The number of fused-ring (bicyclic) bond motifs is 1. The number of nitrogens with zero attached hydrogens (tertiary/aromatic N) is 4. The fourth-order valence-corrected chi connectivity index (χ4v) is 5.51. The van der Waals surface area contributed by atoms with Crippen LogP contribution in [0, 0.1) is 24.2 Å². The highest BCUT2D eigenvalue weighted by Crippen LogP contribution is 2.36. The highest BCUT2D eigenvalue weighted by molar-refractivity contribution is 5.77. The number of nitrogens with one attached hydrogen (secondary N) is 2. The molecule has 2 aromatic heterocycles. The van der Waals surface area contributed by atoms with E-state index in [1.54, 1.807) is 16.0 Å². The molecule has 1 aliphatic rings. The molecular weight excluding hydrogens is 616 g/mol. The first-order valence-corrected chi connectivity index (χ1v) is 16.4. The second-order valence-corrected chi connectivity index (χ2v) is 14.2. The zero-order valence-electron chi connectivity index (χ0n) is 29.3. The maximum absolute atomic E-state index is 13.0. The normalized spacial score (nSPS) is 15.3. The van der Waals surface area contributed by atoms with Crippen molar-refractivity contribution in [1.29, 1.82) is 0 Å². The first-order chi connectivity index (χ1) is 23.1. The Hall–Kier alpha value is -5.48. The predicted octanol–water partition coefficient (Wildman–Crippen LogP) is 7.91. The number of aromatic nitrogens is 4. The Labute approximate surface area is 288 Å². The molecule has 0 aliphatic carbocycles. The fourth-order valence-electron chi connectivity index (χ4n) is 5.51. The largest absolute Gasteiger partial charge is 0.444 e. The van der Waals surface area contributed by atoms with Crippen LogP contribution >= 0.6 is 0 Å². The number of imidazole rings is 2. The van der Waals surface area contributed by atoms with Gasteiger partial charge in [0.05, 0.1) is 29.0 Å². The Kier molecular flexibility index (Phi) is 9.91. The van der Waals surface area contributed by atoms with Gasteiger partial charge in [0, 0.05) is 30.6 Å². The summed E-state index contributed by atoms with van der Waals surface area (Å²) < 4.78 is 11.2. The summed E-state index contributed by atoms with van der Waals surface area (Å²) >= 11 is 0. The van der Waals surface area contributed by atoms with Gasteiger partial charge in [0.15, 0.2) is 0 Å². The van der Waals surface area contributed by atoms with Crippen LogP contribution in [0.4, 0.5) is 9.59 Å². The van der Waals surface area contributed by atoms with E-state index in [4.69, 9.17) is 20.9 Å². The van der Waals surface area contributed by atoms with Gasteiger partial charge >= 0.3 is 12.2 Å². The SMILES string of the molecule is C#CCCN(C(=O)OC(C)(C)C)C(C)c1nc2ccc(C#Cc3ccc(-c4cnc(C5C(=C)CCN5C(=O)OC(C)(C)C)[nH]4)cc3)cc2[nH]1. The molecule has 3 heterocycles. The van der Waals surface area contributed by atoms with Gasteiger partial charge in [0.1, 0.15) is 28.9 Å². The van der Waals surface area contributed by atoms with Gasteiger partial charge in [0.2, 0.25) is 0 Å². The first kappa shape index (κ1) is 34.8. The molecule has 2 aromatic carbocycles. The quantitative estimate of drug-likeness (QED) is 0.160. The van der Waals surface area contributed by atoms with Crippen LogP contribution < -0.4 is 0 Å². The van der Waals surface area contributed by atoms with Crippen LogP contribution in [0.2, 0.25) is 0 Å². The number of rotatable bonds is 6. The molecule has 2 amide bonds. The second-order valence-electron chi connectivity index (χ2n) is 14.2. The van der Waals surface area contributed by atoms with E-state index in [-0.39, 0.29) is 18.2 Å². The predicted molar refractivity (Wildman–Crippen MR) is 190 cm³/mol. The van der Waals surface area contributed by atoms with Crippen molar-refractivity contribution in [2.45, 2.75) is 84.6 Å². The maximum atomic E-state index is 13.0. The van der Waals surface area contributed by atoms with Gasteiger partial charge in [-0.15, -0.1) is 12.3 Å². The van der Waals surface area contributed by atoms with E-state index < -0.39 is 17.3 Å². The zero-order valence-corrected chi connectivity index (χ0v) is 29.3. The summed E-state index contributed by atoms with van der Waals surface area (Å²) in [4.78, 5) is 45.2. The van der Waals surface area contributed by atoms with Crippen molar-refractivity contribution >= 4 is 23.2 Å². The summed E-state index contributed by atoms with van der Waals surface area (Å²) in [5.41, 5.74) is 4.73. The minimum absolute atomic E-state index is 0.351. The molecule has 4 aromatic rings. The Morgan fingerprint density at radius 3 is 2.39 bits per heavy atom. The average molecular weight is 661 g/mol. The minimum Gasteiger partial charge on any atom is -0.444 e. The van der Waals surface area contributed by atoms with Gasteiger partial charge in [-0.2, -0.15) is 0 Å². The Morgan fingerprint density at radius 1 is 1.04 bits per heavy atom. The number of ether oxygens (including phenoxy) is 2. The lowest BCUT2D eigenvalue weighted by molar-refractivity contribution is 0.0170. The van der Waals surface area contributed by atoms with Crippen LogP contribution in [0.25, 0.3) is 22.3 Å². The topological polar surface area (TPSA) is 116 Å². The van der Waals surface area contributed by atoms with Crippen molar-refractivity contribution in [2.24, 2.45) is 0 Å². The molecule has 1 fully saturated rings. The summed E-state index contributed by atoms with van der Waals surface area (Å²) in [6, 6.07) is 12.9. The van der Waals surface area contributed by atoms with Crippen molar-refractivity contribution in [2.75, 3.05) is 13.1 Å². The van der Waals surface area contributed by atoms with Gasteiger partial charge in [-0.3, -0.25) is 9.80 Å². The van der Waals surface area contributed by atoms with Crippen LogP contribution in [0.3, 0.4) is 0 Å². The van der Waals surface area contributed by atoms with Gasteiger partial charge in [0.25, 0.3) is 0 Å². The van der Waals surface area contributed by atoms with E-state index in [0.717, 1.165) is 39.0 Å². The molecule has 2 atom stereocenters. The molecule has 1 saturated heterocycles. The molecule has 5 rings (SSSR count). The minimum atomic E-state index is -0.631. The van der Waals surface area contributed by atoms with Crippen molar-refractivity contribution in [3.63, 3.8) is 0 Å². The number of hydrogen-bond donors (Lipinski definition) is 2. The summed E-state index contributed by atoms with van der Waals surface area (Å²) in [6.07, 6.45) is 7.54. The van der Waals surface area contributed by atoms with Crippen LogP contribution in [-0.2, 0) is 9.47 Å². The molecule has 0 bridgehead atoms. The van der Waals surface area contributed by atoms with E-state index in [9.17, 15) is 9.59 Å². The number of carbonyl (C=O) groups excluding carboxylic acids is 2. The third kappa shape index (κ3) is 8.52. The smallest absolute Gasteiger partial charge is 0.411 e. The number of H-pyrrole nitrogens is 2. The Bertz CT molecular complexity index is 1960. The molecule has 0 spiro atoms. The standard InChI is InChI=1S/C39H44N6O4/c1-10-11-21-44(36(46)48-38(4,5)6)26(3)34-41-30-19-16-28(23-31(30)42-34)13-12-27-14-17-29(18-15-27)32-24-40-35(43-32)33-25(2)20-22-45(33)37(47)49-39(7,8)9/h1,14-19,23-24,26,33H,2,11,20-22H2,3-9H3,(H,40,43)(H,41,42). The molecule has 1 aliphatic heterocycles. The molecule has 49 heavy (non-hydrogen) atoms. The highest BCUT2D eigenvalue weighted by Gasteiger charge is 2.37. The van der Waals surface area contributed by atoms with Crippen molar-refractivity contribution < 1.29 is 19.1 Å². The van der Waals surface area contributed by atoms with Crippen molar-refractivity contribution in [3.05, 3.63) is 83.6 Å². The monoisotopic (exact) mass is 660 g/mol. The second kappa shape index (κ2) is 13.9. The summed E-state index contributed by atoms with van der Waals surface area (Å²) in [7, 11) is 0. The summed E-state index contributed by atoms with van der Waals surface area (Å²) in [6.45, 7) is 18.0. The molecule has 2 N–H and O–H groups in total. The number of hydrogen-bond acceptors (Lipinski definition) is 6. The number of carbonyl (C=O) groups is 2. The van der Waals surface area contributed by atoms with Gasteiger partial charge in [-0.25, -0.2) is 19.6 Å². The molecular formula is C39H44N6O4. The first-order valence-electron chi connectivity index (χ1n) is 16.4. The summed E-state index contributed by atoms with van der Waals surface area (Å²) in [5, 5.41) is 0. The van der Waals surface area contributed by atoms with Crippen LogP contribution in [0.5, 0.6) is 0 Å². The van der Waals surface area contributed by atoms with Gasteiger partial charge in [-0.05, 0) is 96.4 Å². The number of likely N-dealkylation sites (tertiary alicyclic amines) is 1. The van der Waals surface area contributed by atoms with Crippen LogP contribution in [0.1, 0.15) is 96.2 Å². The molecule has 0 radical (unpaired) electrons. The lowest BCUT2D eigenvalue weighted by Crippen LogP contribution is -2.39. The third-order valence-electron chi connectivity index (χ3n) is 7.89. The lowest BCUT2D eigenvalue weighted by atomic mass is 10.1. The summed E-state index contributed by atoms with van der Waals surface area (Å²) in [5.74, 6) is 10.4. The van der Waals surface area contributed by atoms with Crippen LogP contribution in [0.15, 0.2) is 60.8 Å². The molecule has 2 unspecified atom stereocenters. The molecule has 10 heteroatoms. The zero-order chi connectivity index (χ0) is 35.5. The van der Waals surface area contributed by atoms with Crippen molar-refractivity contribution in [3.8, 4) is 35.4 Å². The highest BCUT2D eigenvalue weighted by atomic mass is 16.6. The van der Waals surface area contributed by atoms with Gasteiger partial charge < -0.3 is 19.4 Å². The van der Waals surface area contributed by atoms with Crippen LogP contribution in [-0.4, -0.2) is 66.2 Å². The van der Waals surface area contributed by atoms with E-state index in [1.165, 1.54) is 0 Å². The van der Waals surface area contributed by atoms with E-state index in [1.807, 2.05) is 90.9 Å². The molecule has 0 saturated carbocycles. The maximum Gasteiger partial charge on any atom is 0.411 e.